The van der Waals surface area contributed by atoms with Gasteiger partial charge in [-0.1, -0.05) is 24.3 Å². The molecular weight excluding hydrogens is 385 g/mol. The van der Waals surface area contributed by atoms with Crippen LogP contribution in [0.4, 0.5) is 5.69 Å². The number of phenols is 1. The van der Waals surface area contributed by atoms with E-state index in [0.717, 1.165) is 44.8 Å². The second kappa shape index (κ2) is 9.31. The third-order valence-electron chi connectivity index (χ3n) is 5.19. The number of nitrogens with zero attached hydrogens (tertiary/aromatic N) is 2. The molecule has 4 rings (SSSR count). The largest absolute Gasteiger partial charge is 0.508 e. The number of carbonyl (C=O) groups excluding carboxylic acids is 1. The monoisotopic (exact) mass is 409 g/mol. The Morgan fingerprint density at radius 1 is 0.926 bits per heavy atom. The number of hydrogen-bond acceptors (Lipinski definition) is 4. The lowest BCUT2D eigenvalue weighted by atomic mass is 9.95. The maximum absolute atomic E-state index is 12.9. The van der Waals surface area contributed by atoms with Gasteiger partial charge in [0.1, 0.15) is 5.75 Å². The van der Waals surface area contributed by atoms with Crippen molar-refractivity contribution in [2.24, 2.45) is 0 Å². The number of nitrogens with one attached hydrogen (secondary N) is 1. The Bertz CT molecular complexity index is 762. The van der Waals surface area contributed by atoms with Gasteiger partial charge in [-0.25, -0.2) is 0 Å². The van der Waals surface area contributed by atoms with Gasteiger partial charge < -0.3 is 20.2 Å². The van der Waals surface area contributed by atoms with Crippen LogP contribution in [0.15, 0.2) is 48.5 Å². The molecule has 27 heavy (non-hydrogen) atoms. The molecule has 2 aromatic carbocycles. The minimum Gasteiger partial charge on any atom is -0.508 e. The Balaban J connectivity index is 0.00000131. The molecule has 5 nitrogen and oxygen atoms in total. The molecule has 2 aliphatic heterocycles. The summed E-state index contributed by atoms with van der Waals surface area (Å²) in [5.74, 6) is 0.487. The highest BCUT2D eigenvalue weighted by molar-refractivity contribution is 5.85. The summed E-state index contributed by atoms with van der Waals surface area (Å²) in [6.07, 6.45) is 0.771. The van der Waals surface area contributed by atoms with Crippen LogP contribution in [0.5, 0.6) is 5.75 Å². The molecule has 0 radical (unpaired) electrons. The molecule has 1 saturated heterocycles. The number of phenolic OH excluding ortho intramolecular Hbond substituents is 1. The van der Waals surface area contributed by atoms with Crippen molar-refractivity contribution < 1.29 is 9.90 Å². The van der Waals surface area contributed by atoms with Gasteiger partial charge in [-0.3, -0.25) is 4.79 Å². The standard InChI is InChI=1S/C20H23N3O2.2ClH/c24-18-7-5-17(6-8-18)22-9-11-23(12-10-22)20(25)19-13-15-3-1-2-4-16(15)14-21-19;;/h1-8,19,21,24H,9-14H2;2*1H. The maximum Gasteiger partial charge on any atom is 0.240 e. The zero-order valence-corrected chi connectivity index (χ0v) is 16.6. The predicted octanol–water partition coefficient (Wildman–Crippen LogP) is 2.60. The average molecular weight is 410 g/mol. The number of amides is 1. The first-order valence-electron chi connectivity index (χ1n) is 8.83. The number of carbonyl (C=O) groups is 1. The first-order chi connectivity index (χ1) is 12.2. The highest BCUT2D eigenvalue weighted by Crippen LogP contribution is 2.21. The minimum atomic E-state index is -0.116. The summed E-state index contributed by atoms with van der Waals surface area (Å²) in [5, 5.41) is 12.8. The van der Waals surface area contributed by atoms with E-state index in [4.69, 9.17) is 0 Å². The van der Waals surface area contributed by atoms with Crippen LogP contribution >= 0.6 is 24.8 Å². The Morgan fingerprint density at radius 2 is 1.56 bits per heavy atom. The van der Waals surface area contributed by atoms with Crippen molar-refractivity contribution in [2.75, 3.05) is 31.1 Å². The topological polar surface area (TPSA) is 55.8 Å². The van der Waals surface area contributed by atoms with Gasteiger partial charge in [0.25, 0.3) is 0 Å². The van der Waals surface area contributed by atoms with E-state index in [1.54, 1.807) is 12.1 Å². The second-order valence-corrected chi connectivity index (χ2v) is 6.74. The SMILES string of the molecule is Cl.Cl.O=C(C1Cc2ccccc2CN1)N1CCN(c2ccc(O)cc2)CC1. The van der Waals surface area contributed by atoms with Crippen molar-refractivity contribution in [1.29, 1.82) is 0 Å². The number of halogens is 2. The van der Waals surface area contributed by atoms with Crippen molar-refractivity contribution in [3.63, 3.8) is 0 Å². The van der Waals surface area contributed by atoms with E-state index in [2.05, 4.69) is 22.3 Å². The van der Waals surface area contributed by atoms with Crippen molar-refractivity contribution in [3.05, 3.63) is 59.7 Å². The molecule has 0 aliphatic carbocycles. The Hall–Kier alpha value is -1.95. The summed E-state index contributed by atoms with van der Waals surface area (Å²) in [4.78, 5) is 17.1. The van der Waals surface area contributed by atoms with Gasteiger partial charge >= 0.3 is 0 Å². The predicted molar refractivity (Wildman–Crippen MR) is 112 cm³/mol. The lowest BCUT2D eigenvalue weighted by Crippen LogP contribution is -2.55. The normalized spacial score (nSPS) is 18.7. The summed E-state index contributed by atoms with van der Waals surface area (Å²) in [6.45, 7) is 3.87. The molecule has 1 amide bonds. The van der Waals surface area contributed by atoms with E-state index >= 15 is 0 Å². The van der Waals surface area contributed by atoms with E-state index < -0.39 is 0 Å². The lowest BCUT2D eigenvalue weighted by molar-refractivity contribution is -0.134. The van der Waals surface area contributed by atoms with Gasteiger partial charge in [0, 0.05) is 38.4 Å². The molecule has 0 aromatic heterocycles. The van der Waals surface area contributed by atoms with E-state index in [1.165, 1.54) is 11.1 Å². The molecule has 1 atom stereocenters. The summed E-state index contributed by atoms with van der Waals surface area (Å²) in [5.41, 5.74) is 3.67. The summed E-state index contributed by atoms with van der Waals surface area (Å²) >= 11 is 0. The maximum atomic E-state index is 12.9. The van der Waals surface area contributed by atoms with Crippen LogP contribution in [-0.2, 0) is 17.8 Å². The number of hydrogen-bond donors (Lipinski definition) is 2. The van der Waals surface area contributed by atoms with E-state index in [9.17, 15) is 9.90 Å². The van der Waals surface area contributed by atoms with Crippen molar-refractivity contribution in [1.82, 2.24) is 10.2 Å². The zero-order valence-electron chi connectivity index (χ0n) is 15.0. The lowest BCUT2D eigenvalue weighted by Gasteiger charge is -2.38. The van der Waals surface area contributed by atoms with Gasteiger partial charge in [-0.05, 0) is 41.8 Å². The van der Waals surface area contributed by atoms with Crippen LogP contribution in [0.3, 0.4) is 0 Å². The summed E-state index contributed by atoms with van der Waals surface area (Å²) in [7, 11) is 0. The van der Waals surface area contributed by atoms with E-state index in [1.807, 2.05) is 29.2 Å². The Morgan fingerprint density at radius 3 is 2.22 bits per heavy atom. The number of fused-ring (bicyclic) bond motifs is 1. The summed E-state index contributed by atoms with van der Waals surface area (Å²) < 4.78 is 0. The molecule has 1 fully saturated rings. The molecule has 2 heterocycles. The molecular formula is C20H25Cl2N3O2. The highest BCUT2D eigenvalue weighted by Gasteiger charge is 2.29. The van der Waals surface area contributed by atoms with Crippen LogP contribution in [0.25, 0.3) is 0 Å². The number of piperazine rings is 1. The van der Waals surface area contributed by atoms with E-state index in [-0.39, 0.29) is 42.5 Å². The van der Waals surface area contributed by atoms with Gasteiger partial charge in [0.05, 0.1) is 6.04 Å². The molecule has 2 aliphatic rings. The molecule has 0 saturated carbocycles. The molecule has 1 unspecified atom stereocenters. The highest BCUT2D eigenvalue weighted by atomic mass is 35.5. The fourth-order valence-electron chi connectivity index (χ4n) is 3.70. The number of aromatic hydroxyl groups is 1. The smallest absolute Gasteiger partial charge is 0.240 e. The van der Waals surface area contributed by atoms with Gasteiger partial charge in [-0.2, -0.15) is 0 Å². The van der Waals surface area contributed by atoms with Gasteiger partial charge in [0.15, 0.2) is 0 Å². The molecule has 2 N–H and O–H groups in total. The first-order valence-corrected chi connectivity index (χ1v) is 8.83. The van der Waals surface area contributed by atoms with Crippen molar-refractivity contribution in [2.45, 2.75) is 19.0 Å². The van der Waals surface area contributed by atoms with Crippen molar-refractivity contribution >= 4 is 36.4 Å². The first kappa shape index (κ1) is 21.4. The van der Waals surface area contributed by atoms with Crippen LogP contribution < -0.4 is 10.2 Å². The fourth-order valence-corrected chi connectivity index (χ4v) is 3.70. The van der Waals surface area contributed by atoms with E-state index in [0.29, 0.717) is 0 Å². The third-order valence-corrected chi connectivity index (χ3v) is 5.19. The Labute approximate surface area is 172 Å². The molecule has 7 heteroatoms. The quantitative estimate of drug-likeness (QED) is 0.800. The Kier molecular flexibility index (Phi) is 7.36. The zero-order chi connectivity index (χ0) is 17.2. The van der Waals surface area contributed by atoms with Crippen LogP contribution in [0, 0.1) is 0 Å². The van der Waals surface area contributed by atoms with Gasteiger partial charge in [0.2, 0.25) is 5.91 Å². The number of rotatable bonds is 2. The minimum absolute atomic E-state index is 0. The summed E-state index contributed by atoms with van der Waals surface area (Å²) in [6, 6.07) is 15.5. The van der Waals surface area contributed by atoms with Gasteiger partial charge in [-0.15, -0.1) is 24.8 Å². The third kappa shape index (κ3) is 4.67. The molecule has 0 bridgehead atoms. The average Bonchev–Trinajstić information content (AvgIpc) is 2.68. The van der Waals surface area contributed by atoms with Crippen molar-refractivity contribution in [3.8, 4) is 5.75 Å². The fraction of sp³-hybridized carbons (Fsp3) is 0.350. The van der Waals surface area contributed by atoms with Crippen LogP contribution in [0.2, 0.25) is 0 Å². The van der Waals surface area contributed by atoms with Crippen LogP contribution in [-0.4, -0.2) is 48.1 Å². The molecule has 2 aromatic rings. The number of anilines is 1. The molecule has 146 valence electrons. The second-order valence-electron chi connectivity index (χ2n) is 6.74. The molecule has 0 spiro atoms. The van der Waals surface area contributed by atoms with Crippen LogP contribution in [0.1, 0.15) is 11.1 Å². The number of benzene rings is 2.